The van der Waals surface area contributed by atoms with Crippen molar-refractivity contribution < 1.29 is 18.3 Å². The van der Waals surface area contributed by atoms with Gasteiger partial charge < -0.3 is 10.1 Å². The van der Waals surface area contributed by atoms with Gasteiger partial charge in [0.25, 0.3) is 6.43 Å². The van der Waals surface area contributed by atoms with E-state index in [0.29, 0.717) is 6.54 Å². The summed E-state index contributed by atoms with van der Waals surface area (Å²) in [6.07, 6.45) is -2.41. The summed E-state index contributed by atoms with van der Waals surface area (Å²) < 4.78 is 29.4. The van der Waals surface area contributed by atoms with Crippen molar-refractivity contribution in [2.45, 2.75) is 32.7 Å². The maximum absolute atomic E-state index is 12.2. The van der Waals surface area contributed by atoms with E-state index in [1.165, 1.54) is 4.90 Å². The third-order valence-corrected chi connectivity index (χ3v) is 2.33. The summed E-state index contributed by atoms with van der Waals surface area (Å²) in [6.45, 7) is 5.90. The van der Waals surface area contributed by atoms with Crippen molar-refractivity contribution >= 4 is 5.97 Å². The zero-order valence-corrected chi connectivity index (χ0v) is 10.9. The number of halogens is 2. The average molecular weight is 252 g/mol. The van der Waals surface area contributed by atoms with Gasteiger partial charge in [-0.1, -0.05) is 6.92 Å². The lowest BCUT2D eigenvalue weighted by Crippen LogP contribution is -2.57. The summed E-state index contributed by atoms with van der Waals surface area (Å²) in [5.74, 6) is -0.414. The molecular formula is C11H22F2N2O2. The SMILES string of the molecule is CCNC(C)(CN(C)CC(F)F)C(=O)OCC. The number of nitrogens with one attached hydrogen (secondary N) is 1. The Kier molecular flexibility index (Phi) is 7.22. The minimum Gasteiger partial charge on any atom is -0.465 e. The number of nitrogens with zero attached hydrogens (tertiary/aromatic N) is 1. The molecule has 0 radical (unpaired) electrons. The number of rotatable bonds is 8. The Labute approximate surface area is 101 Å². The minimum absolute atomic E-state index is 0.185. The number of alkyl halides is 2. The van der Waals surface area contributed by atoms with E-state index in [-0.39, 0.29) is 19.7 Å². The fourth-order valence-electron chi connectivity index (χ4n) is 1.71. The van der Waals surface area contributed by atoms with Crippen LogP contribution in [0.25, 0.3) is 0 Å². The smallest absolute Gasteiger partial charge is 0.327 e. The molecule has 0 spiro atoms. The van der Waals surface area contributed by atoms with Gasteiger partial charge in [-0.25, -0.2) is 8.78 Å². The van der Waals surface area contributed by atoms with Crippen molar-refractivity contribution in [2.24, 2.45) is 0 Å². The van der Waals surface area contributed by atoms with E-state index in [4.69, 9.17) is 4.74 Å². The van der Waals surface area contributed by atoms with Gasteiger partial charge in [0.05, 0.1) is 13.2 Å². The summed E-state index contributed by atoms with van der Waals surface area (Å²) in [4.78, 5) is 13.2. The van der Waals surface area contributed by atoms with E-state index < -0.39 is 17.9 Å². The fourth-order valence-corrected chi connectivity index (χ4v) is 1.71. The van der Waals surface area contributed by atoms with Gasteiger partial charge >= 0.3 is 5.97 Å². The molecule has 0 aliphatic carbocycles. The van der Waals surface area contributed by atoms with E-state index >= 15 is 0 Å². The second kappa shape index (κ2) is 7.55. The highest BCUT2D eigenvalue weighted by atomic mass is 19.3. The van der Waals surface area contributed by atoms with Crippen LogP contribution in [0.15, 0.2) is 0 Å². The lowest BCUT2D eigenvalue weighted by atomic mass is 10.0. The van der Waals surface area contributed by atoms with Crippen LogP contribution >= 0.6 is 0 Å². The Morgan fingerprint density at radius 3 is 2.47 bits per heavy atom. The molecule has 0 bridgehead atoms. The van der Waals surface area contributed by atoms with E-state index in [0.717, 1.165) is 0 Å². The normalized spacial score (nSPS) is 15.1. The highest BCUT2D eigenvalue weighted by Crippen LogP contribution is 2.10. The standard InChI is InChI=1S/C11H22F2N2O2/c1-5-14-11(3,10(16)17-6-2)8-15(4)7-9(12)13/h9,14H,5-8H2,1-4H3. The number of carbonyl (C=O) groups is 1. The van der Waals surface area contributed by atoms with Crippen LogP contribution in [-0.4, -0.2) is 56.1 Å². The minimum atomic E-state index is -2.41. The second-order valence-corrected chi connectivity index (χ2v) is 4.17. The lowest BCUT2D eigenvalue weighted by Gasteiger charge is -2.32. The second-order valence-electron chi connectivity index (χ2n) is 4.17. The Hall–Kier alpha value is -0.750. The number of esters is 1. The van der Waals surface area contributed by atoms with Gasteiger partial charge in [0.15, 0.2) is 0 Å². The van der Waals surface area contributed by atoms with Crippen LogP contribution < -0.4 is 5.32 Å². The van der Waals surface area contributed by atoms with Gasteiger partial charge in [0, 0.05) is 6.54 Å². The first kappa shape index (κ1) is 16.2. The maximum Gasteiger partial charge on any atom is 0.327 e. The molecule has 0 aromatic rings. The molecule has 1 unspecified atom stereocenters. The van der Waals surface area contributed by atoms with Gasteiger partial charge in [0.2, 0.25) is 0 Å². The first-order valence-electron chi connectivity index (χ1n) is 5.74. The number of hydrogen-bond donors (Lipinski definition) is 1. The van der Waals surface area contributed by atoms with Crippen molar-refractivity contribution in [2.75, 3.05) is 33.3 Å². The van der Waals surface area contributed by atoms with E-state index in [2.05, 4.69) is 5.32 Å². The molecular weight excluding hydrogens is 230 g/mol. The van der Waals surface area contributed by atoms with Crippen LogP contribution in [0.4, 0.5) is 8.78 Å². The third kappa shape index (κ3) is 5.93. The summed E-state index contributed by atoms with van der Waals surface area (Å²) in [5, 5.41) is 2.99. The summed E-state index contributed by atoms with van der Waals surface area (Å²) in [6, 6.07) is 0. The molecule has 0 fully saturated rings. The predicted octanol–water partition coefficient (Wildman–Crippen LogP) is 1.11. The van der Waals surface area contributed by atoms with Crippen LogP contribution in [-0.2, 0) is 9.53 Å². The zero-order chi connectivity index (χ0) is 13.5. The van der Waals surface area contributed by atoms with E-state index in [9.17, 15) is 13.6 Å². The molecule has 0 saturated carbocycles. The maximum atomic E-state index is 12.2. The van der Waals surface area contributed by atoms with Crippen LogP contribution in [0.2, 0.25) is 0 Å². The topological polar surface area (TPSA) is 41.6 Å². The zero-order valence-electron chi connectivity index (χ0n) is 10.9. The average Bonchev–Trinajstić information content (AvgIpc) is 2.16. The van der Waals surface area contributed by atoms with Crippen molar-refractivity contribution in [3.8, 4) is 0 Å². The summed E-state index contributed by atoms with van der Waals surface area (Å²) >= 11 is 0. The Morgan fingerprint density at radius 2 is 2.06 bits per heavy atom. The van der Waals surface area contributed by atoms with Gasteiger partial charge in [-0.15, -0.1) is 0 Å². The van der Waals surface area contributed by atoms with Crippen molar-refractivity contribution in [1.29, 1.82) is 0 Å². The molecule has 0 aromatic heterocycles. The molecule has 0 aliphatic rings. The molecule has 0 saturated heterocycles. The fraction of sp³-hybridized carbons (Fsp3) is 0.909. The highest BCUT2D eigenvalue weighted by molar-refractivity contribution is 5.80. The van der Waals surface area contributed by atoms with Gasteiger partial charge in [0.1, 0.15) is 5.54 Å². The Morgan fingerprint density at radius 1 is 1.47 bits per heavy atom. The molecule has 0 rings (SSSR count). The van der Waals surface area contributed by atoms with Crippen LogP contribution in [0.5, 0.6) is 0 Å². The van der Waals surface area contributed by atoms with E-state index in [1.807, 2.05) is 6.92 Å². The summed E-state index contributed by atoms with van der Waals surface area (Å²) in [7, 11) is 1.56. The molecule has 0 aromatic carbocycles. The number of hydrogen-bond acceptors (Lipinski definition) is 4. The Balaban J connectivity index is 4.53. The third-order valence-electron chi connectivity index (χ3n) is 2.33. The number of carbonyl (C=O) groups excluding carboxylic acids is 1. The number of ether oxygens (including phenoxy) is 1. The van der Waals surface area contributed by atoms with Crippen LogP contribution in [0.1, 0.15) is 20.8 Å². The van der Waals surface area contributed by atoms with Crippen LogP contribution in [0.3, 0.4) is 0 Å². The van der Waals surface area contributed by atoms with Crippen molar-refractivity contribution in [1.82, 2.24) is 10.2 Å². The summed E-state index contributed by atoms with van der Waals surface area (Å²) in [5.41, 5.74) is -0.950. The van der Waals surface area contributed by atoms with Crippen molar-refractivity contribution in [3.63, 3.8) is 0 Å². The quantitative estimate of drug-likeness (QED) is 0.657. The molecule has 6 heteroatoms. The molecule has 0 amide bonds. The van der Waals surface area contributed by atoms with Crippen molar-refractivity contribution in [3.05, 3.63) is 0 Å². The Bertz CT molecular complexity index is 240. The van der Waals surface area contributed by atoms with Gasteiger partial charge in [-0.05, 0) is 27.4 Å². The first-order chi connectivity index (χ1) is 7.85. The molecule has 0 heterocycles. The first-order valence-corrected chi connectivity index (χ1v) is 5.74. The molecule has 102 valence electrons. The lowest BCUT2D eigenvalue weighted by molar-refractivity contribution is -0.151. The molecule has 0 aliphatic heterocycles. The predicted molar refractivity (Wildman–Crippen MR) is 62.2 cm³/mol. The largest absolute Gasteiger partial charge is 0.465 e. The monoisotopic (exact) mass is 252 g/mol. The van der Waals surface area contributed by atoms with Crippen LogP contribution in [0, 0.1) is 0 Å². The highest BCUT2D eigenvalue weighted by Gasteiger charge is 2.35. The molecule has 1 atom stereocenters. The van der Waals surface area contributed by atoms with Gasteiger partial charge in [-0.3, -0.25) is 9.69 Å². The number of likely N-dealkylation sites (N-methyl/N-ethyl adjacent to an activating group) is 2. The molecule has 1 N–H and O–H groups in total. The molecule has 4 nitrogen and oxygen atoms in total. The molecule has 17 heavy (non-hydrogen) atoms. The van der Waals surface area contributed by atoms with E-state index in [1.54, 1.807) is 20.9 Å². The van der Waals surface area contributed by atoms with Gasteiger partial charge in [-0.2, -0.15) is 0 Å².